The van der Waals surface area contributed by atoms with Crippen molar-refractivity contribution in [3.63, 3.8) is 0 Å². The number of ether oxygens (including phenoxy) is 2. The Kier molecular flexibility index (Phi) is 6.54. The molecule has 5 aliphatic rings. The van der Waals surface area contributed by atoms with Gasteiger partial charge in [0, 0.05) is 18.3 Å². The molecule has 13 atom stereocenters. The van der Waals surface area contributed by atoms with Gasteiger partial charge in [-0.25, -0.2) is 0 Å². The van der Waals surface area contributed by atoms with Crippen molar-refractivity contribution in [2.75, 3.05) is 0 Å². The molecule has 9 nitrogen and oxygen atoms in total. The highest BCUT2D eigenvalue weighted by molar-refractivity contribution is 5.72. The smallest absolute Gasteiger partial charge is 0.311 e. The Balaban J connectivity index is 1.45. The number of hydrogen-bond acceptors (Lipinski definition) is 9. The lowest BCUT2D eigenvalue weighted by atomic mass is 9.61. The largest absolute Gasteiger partial charge is 0.510 e. The second-order valence-electron chi connectivity index (χ2n) is 11.0. The molecule has 0 aromatic carbocycles. The van der Waals surface area contributed by atoms with Crippen LogP contribution in [0.25, 0.3) is 0 Å². The normalized spacial score (nSPS) is 51.5. The van der Waals surface area contributed by atoms with E-state index < -0.39 is 48.7 Å². The van der Waals surface area contributed by atoms with Crippen molar-refractivity contribution in [2.45, 2.75) is 88.2 Å². The minimum absolute atomic E-state index is 0.0509. The standard InChI is InChI=1S/C25H36O9/c1-10-4-17(28)19(30)6-12(10)13-8-22(32)33-21-9-16(27)14-7-20(31)24(34-25(14)23(13)21)11-2-3-15(26)18(29)5-11/h4,9-16,18-20,23-31H,2-3,5-8H2,1H3/t10?,11?,12?,13-,14?,15?,16?,18?,19?,20?,23?,24?,25?/m1/s1. The number of carbonyl (C=O) groups excluding carboxylic acids is 1. The van der Waals surface area contributed by atoms with E-state index in [1.54, 1.807) is 12.2 Å². The first-order valence-corrected chi connectivity index (χ1v) is 12.5. The lowest BCUT2D eigenvalue weighted by Crippen LogP contribution is -2.59. The minimum atomic E-state index is -0.992. The third-order valence-corrected chi connectivity index (χ3v) is 8.96. The maximum absolute atomic E-state index is 12.5. The molecular weight excluding hydrogens is 444 g/mol. The van der Waals surface area contributed by atoms with Gasteiger partial charge in [-0.15, -0.1) is 0 Å². The quantitative estimate of drug-likeness (QED) is 0.310. The van der Waals surface area contributed by atoms with Gasteiger partial charge in [-0.3, -0.25) is 4.79 Å². The zero-order valence-corrected chi connectivity index (χ0v) is 19.3. The number of esters is 1. The maximum Gasteiger partial charge on any atom is 0.311 e. The second-order valence-corrected chi connectivity index (χ2v) is 11.0. The van der Waals surface area contributed by atoms with Gasteiger partial charge < -0.3 is 40.1 Å². The predicted molar refractivity (Wildman–Crippen MR) is 118 cm³/mol. The van der Waals surface area contributed by atoms with Crippen molar-refractivity contribution in [1.82, 2.24) is 0 Å². The van der Waals surface area contributed by atoms with Gasteiger partial charge >= 0.3 is 5.97 Å². The summed E-state index contributed by atoms with van der Waals surface area (Å²) in [6.07, 6.45) is -0.131. The van der Waals surface area contributed by atoms with Crippen molar-refractivity contribution >= 4 is 5.97 Å². The van der Waals surface area contributed by atoms with Crippen molar-refractivity contribution in [2.24, 2.45) is 35.5 Å². The van der Waals surface area contributed by atoms with Gasteiger partial charge in [-0.2, -0.15) is 0 Å². The van der Waals surface area contributed by atoms with E-state index in [-0.39, 0.29) is 47.7 Å². The molecule has 5 rings (SSSR count). The van der Waals surface area contributed by atoms with Crippen LogP contribution in [0.1, 0.15) is 45.4 Å². The van der Waals surface area contributed by atoms with Crippen molar-refractivity contribution < 1.29 is 44.9 Å². The molecule has 34 heavy (non-hydrogen) atoms. The van der Waals surface area contributed by atoms with Crippen LogP contribution in [0.2, 0.25) is 0 Å². The Morgan fingerprint density at radius 3 is 2.35 bits per heavy atom. The number of fused-ring (bicyclic) bond motifs is 3. The predicted octanol–water partition coefficient (Wildman–Crippen LogP) is 0.539. The van der Waals surface area contributed by atoms with E-state index in [0.717, 1.165) is 0 Å². The summed E-state index contributed by atoms with van der Waals surface area (Å²) < 4.78 is 12.1. The average molecular weight is 481 g/mol. The monoisotopic (exact) mass is 480 g/mol. The molecule has 0 aromatic heterocycles. The lowest BCUT2D eigenvalue weighted by molar-refractivity contribution is -0.221. The molecule has 0 radical (unpaired) electrons. The molecule has 3 aliphatic carbocycles. The Bertz CT molecular complexity index is 855. The second kappa shape index (κ2) is 9.19. The Morgan fingerprint density at radius 1 is 0.853 bits per heavy atom. The number of hydrogen-bond donors (Lipinski definition) is 6. The summed E-state index contributed by atoms with van der Waals surface area (Å²) in [4.78, 5) is 12.5. The molecule has 0 amide bonds. The fourth-order valence-corrected chi connectivity index (χ4v) is 7.18. The Hall–Kier alpha value is -1.49. The van der Waals surface area contributed by atoms with Crippen LogP contribution < -0.4 is 0 Å². The van der Waals surface area contributed by atoms with Crippen LogP contribution >= 0.6 is 0 Å². The molecule has 2 aliphatic heterocycles. The molecule has 12 unspecified atom stereocenters. The van der Waals surface area contributed by atoms with Gasteiger partial charge in [-0.05, 0) is 67.9 Å². The summed E-state index contributed by atoms with van der Waals surface area (Å²) in [5, 5.41) is 62.2. The van der Waals surface area contributed by atoms with Crippen LogP contribution in [0.4, 0.5) is 0 Å². The third kappa shape index (κ3) is 4.20. The summed E-state index contributed by atoms with van der Waals surface area (Å²) in [7, 11) is 0. The maximum atomic E-state index is 12.5. The first kappa shape index (κ1) is 24.2. The van der Waals surface area contributed by atoms with Gasteiger partial charge in [0.15, 0.2) is 0 Å². The van der Waals surface area contributed by atoms with Crippen LogP contribution in [-0.2, 0) is 14.3 Å². The third-order valence-electron chi connectivity index (χ3n) is 8.96. The van der Waals surface area contributed by atoms with Crippen LogP contribution in [0.15, 0.2) is 23.7 Å². The first-order chi connectivity index (χ1) is 16.1. The van der Waals surface area contributed by atoms with Crippen LogP contribution in [-0.4, -0.2) is 79.3 Å². The molecule has 2 heterocycles. The summed E-state index contributed by atoms with van der Waals surface area (Å²) >= 11 is 0. The SMILES string of the molecule is CC1C=C(O)C(O)CC1[C@H]1CC(=O)OC2=CC(O)C3CC(O)C(C4CCC(O)C(O)C4)OC3C21. The van der Waals surface area contributed by atoms with Crippen LogP contribution in [0, 0.1) is 35.5 Å². The molecular formula is C25H36O9. The fourth-order valence-electron chi connectivity index (χ4n) is 7.18. The van der Waals surface area contributed by atoms with Crippen LogP contribution in [0.5, 0.6) is 0 Å². The van der Waals surface area contributed by atoms with Gasteiger partial charge in [0.05, 0.1) is 36.6 Å². The highest BCUT2D eigenvalue weighted by Gasteiger charge is 2.56. The first-order valence-electron chi connectivity index (χ1n) is 12.5. The summed E-state index contributed by atoms with van der Waals surface area (Å²) in [6, 6.07) is 0. The van der Waals surface area contributed by atoms with E-state index in [9.17, 15) is 35.4 Å². The Labute approximate surface area is 198 Å². The van der Waals surface area contributed by atoms with Gasteiger partial charge in [0.25, 0.3) is 0 Å². The number of aliphatic hydroxyl groups excluding tert-OH is 6. The van der Waals surface area contributed by atoms with E-state index in [4.69, 9.17) is 9.47 Å². The molecule has 190 valence electrons. The van der Waals surface area contributed by atoms with Gasteiger partial charge in [0.2, 0.25) is 0 Å². The van der Waals surface area contributed by atoms with Gasteiger partial charge in [0.1, 0.15) is 17.6 Å². The van der Waals surface area contributed by atoms with E-state index in [1.807, 2.05) is 6.92 Å². The molecule has 0 bridgehead atoms. The lowest BCUT2D eigenvalue weighted by Gasteiger charge is -2.53. The summed E-state index contributed by atoms with van der Waals surface area (Å²) in [5.41, 5.74) is 0. The van der Waals surface area contributed by atoms with Crippen molar-refractivity contribution in [3.8, 4) is 0 Å². The number of allylic oxidation sites excluding steroid dienone is 1. The molecule has 0 spiro atoms. The van der Waals surface area contributed by atoms with E-state index in [0.29, 0.717) is 37.9 Å². The number of carbonyl (C=O) groups is 1. The van der Waals surface area contributed by atoms with Crippen LogP contribution in [0.3, 0.4) is 0 Å². The Morgan fingerprint density at radius 2 is 1.62 bits per heavy atom. The van der Waals surface area contributed by atoms with E-state index >= 15 is 0 Å². The topological polar surface area (TPSA) is 157 Å². The molecule has 3 fully saturated rings. The fraction of sp³-hybridized carbons (Fsp3) is 0.800. The van der Waals surface area contributed by atoms with E-state index in [2.05, 4.69) is 0 Å². The van der Waals surface area contributed by atoms with Crippen molar-refractivity contribution in [3.05, 3.63) is 23.7 Å². The summed E-state index contributed by atoms with van der Waals surface area (Å²) in [6.45, 7) is 1.95. The molecule has 6 N–H and O–H groups in total. The summed E-state index contributed by atoms with van der Waals surface area (Å²) in [5.74, 6) is -1.34. The molecule has 2 saturated heterocycles. The number of aliphatic hydroxyl groups is 6. The molecule has 0 aromatic rings. The zero-order chi connectivity index (χ0) is 24.3. The van der Waals surface area contributed by atoms with Gasteiger partial charge in [-0.1, -0.05) is 6.92 Å². The van der Waals surface area contributed by atoms with Crippen molar-refractivity contribution in [1.29, 1.82) is 0 Å². The highest BCUT2D eigenvalue weighted by atomic mass is 16.5. The number of rotatable bonds is 2. The highest BCUT2D eigenvalue weighted by Crippen LogP contribution is 2.52. The molecule has 9 heteroatoms. The minimum Gasteiger partial charge on any atom is -0.510 e. The molecule has 1 saturated carbocycles. The average Bonchev–Trinajstić information content (AvgIpc) is 2.77. The van der Waals surface area contributed by atoms with E-state index in [1.165, 1.54) is 0 Å². The zero-order valence-electron chi connectivity index (χ0n) is 19.3.